The first kappa shape index (κ1) is 16.7. The topological polar surface area (TPSA) is 82.7 Å². The number of ether oxygens (including phenoxy) is 1. The molecular weight excluding hydrogens is 308 g/mol. The zero-order chi connectivity index (χ0) is 16.9. The Bertz CT molecular complexity index is 607. The van der Waals surface area contributed by atoms with E-state index in [2.05, 4.69) is 39.9 Å². The van der Waals surface area contributed by atoms with Crippen LogP contribution < -0.4 is 16.0 Å². The van der Waals surface area contributed by atoms with Gasteiger partial charge in [-0.25, -0.2) is 4.79 Å². The first-order chi connectivity index (χ1) is 11.6. The zero-order valence-corrected chi connectivity index (χ0v) is 13.9. The van der Waals surface area contributed by atoms with Crippen LogP contribution in [0, 0.1) is 0 Å². The van der Waals surface area contributed by atoms with E-state index in [9.17, 15) is 9.59 Å². The summed E-state index contributed by atoms with van der Waals surface area (Å²) in [5, 5.41) is 8.03. The van der Waals surface area contributed by atoms with Crippen molar-refractivity contribution in [3.8, 4) is 0 Å². The summed E-state index contributed by atoms with van der Waals surface area (Å²) in [7, 11) is 0. The van der Waals surface area contributed by atoms with Crippen molar-refractivity contribution in [3.63, 3.8) is 0 Å². The van der Waals surface area contributed by atoms with Crippen molar-refractivity contribution >= 4 is 11.9 Å². The van der Waals surface area contributed by atoms with Crippen molar-refractivity contribution in [2.75, 3.05) is 26.2 Å². The highest BCUT2D eigenvalue weighted by Crippen LogP contribution is 2.12. The lowest BCUT2D eigenvalue weighted by Gasteiger charge is -2.31. The van der Waals surface area contributed by atoms with Gasteiger partial charge in [0.2, 0.25) is 5.91 Å². The fraction of sp³-hybridized carbons (Fsp3) is 0.529. The number of nitrogens with zero attached hydrogens (tertiary/aromatic N) is 1. The van der Waals surface area contributed by atoms with E-state index in [1.807, 2.05) is 12.1 Å². The third-order valence-corrected chi connectivity index (χ3v) is 4.28. The number of carbonyl (C=O) groups is 2. The van der Waals surface area contributed by atoms with Crippen LogP contribution in [0.15, 0.2) is 24.3 Å². The molecule has 2 aliphatic heterocycles. The summed E-state index contributed by atoms with van der Waals surface area (Å²) in [6, 6.07) is 7.45. The molecule has 2 saturated heterocycles. The molecule has 7 nitrogen and oxygen atoms in total. The molecule has 2 atom stereocenters. The minimum atomic E-state index is -0.490. The van der Waals surface area contributed by atoms with Gasteiger partial charge in [0.05, 0.1) is 12.7 Å². The summed E-state index contributed by atoms with van der Waals surface area (Å²) in [4.78, 5) is 25.5. The molecular formula is C17H24N4O3. The maximum absolute atomic E-state index is 12.0. The smallest absolute Gasteiger partial charge is 0.315 e. The number of benzene rings is 1. The van der Waals surface area contributed by atoms with Crippen LogP contribution in [0.2, 0.25) is 0 Å². The predicted molar refractivity (Wildman–Crippen MR) is 89.3 cm³/mol. The monoisotopic (exact) mass is 332 g/mol. The molecule has 130 valence electrons. The molecule has 0 aliphatic carbocycles. The molecule has 2 fully saturated rings. The van der Waals surface area contributed by atoms with E-state index in [-0.39, 0.29) is 18.0 Å². The summed E-state index contributed by atoms with van der Waals surface area (Å²) in [6.45, 7) is 6.43. The van der Waals surface area contributed by atoms with Gasteiger partial charge in [0, 0.05) is 32.7 Å². The van der Waals surface area contributed by atoms with Gasteiger partial charge in [-0.3, -0.25) is 9.69 Å². The number of morpholine rings is 1. The minimum absolute atomic E-state index is 0.166. The highest BCUT2D eigenvalue weighted by molar-refractivity contribution is 5.90. The molecule has 2 heterocycles. The van der Waals surface area contributed by atoms with Crippen molar-refractivity contribution in [1.82, 2.24) is 20.9 Å². The molecule has 24 heavy (non-hydrogen) atoms. The van der Waals surface area contributed by atoms with Crippen LogP contribution in [0.25, 0.3) is 0 Å². The van der Waals surface area contributed by atoms with E-state index in [4.69, 9.17) is 4.74 Å². The second-order valence-electron chi connectivity index (χ2n) is 6.36. The lowest BCUT2D eigenvalue weighted by atomic mass is 10.1. The maximum atomic E-state index is 12.0. The van der Waals surface area contributed by atoms with E-state index in [0.717, 1.165) is 31.8 Å². The van der Waals surface area contributed by atoms with Gasteiger partial charge in [-0.05, 0) is 18.1 Å². The number of rotatable bonds is 5. The van der Waals surface area contributed by atoms with Crippen LogP contribution >= 0.6 is 0 Å². The van der Waals surface area contributed by atoms with Crippen molar-refractivity contribution in [2.24, 2.45) is 0 Å². The minimum Gasteiger partial charge on any atom is -0.376 e. The molecule has 2 aliphatic rings. The first-order valence-corrected chi connectivity index (χ1v) is 8.34. The molecule has 1 aromatic carbocycles. The van der Waals surface area contributed by atoms with Crippen LogP contribution in [0.1, 0.15) is 18.1 Å². The Morgan fingerprint density at radius 3 is 3.00 bits per heavy atom. The van der Waals surface area contributed by atoms with Gasteiger partial charge in [0.15, 0.2) is 0 Å². The molecule has 3 N–H and O–H groups in total. The Labute approximate surface area is 141 Å². The van der Waals surface area contributed by atoms with Crippen molar-refractivity contribution in [1.29, 1.82) is 0 Å². The van der Waals surface area contributed by atoms with Crippen LogP contribution in [-0.4, -0.2) is 55.2 Å². The Hall–Kier alpha value is -2.12. The molecule has 3 rings (SSSR count). The Morgan fingerprint density at radius 1 is 1.42 bits per heavy atom. The van der Waals surface area contributed by atoms with E-state index in [1.165, 1.54) is 5.56 Å². The van der Waals surface area contributed by atoms with Crippen LogP contribution in [0.4, 0.5) is 4.79 Å². The second kappa shape index (κ2) is 7.63. The Morgan fingerprint density at radius 2 is 2.25 bits per heavy atom. The van der Waals surface area contributed by atoms with Crippen molar-refractivity contribution in [2.45, 2.75) is 32.2 Å². The molecule has 0 unspecified atom stereocenters. The van der Waals surface area contributed by atoms with Crippen LogP contribution in [-0.2, 0) is 22.6 Å². The quantitative estimate of drug-likeness (QED) is 0.720. The van der Waals surface area contributed by atoms with Gasteiger partial charge in [-0.2, -0.15) is 0 Å². The molecule has 0 aromatic heterocycles. The third kappa shape index (κ3) is 4.46. The number of nitrogens with one attached hydrogen (secondary N) is 3. The first-order valence-electron chi connectivity index (χ1n) is 8.34. The molecule has 7 heteroatoms. The zero-order valence-electron chi connectivity index (χ0n) is 13.9. The summed E-state index contributed by atoms with van der Waals surface area (Å²) in [5.74, 6) is -0.166. The van der Waals surface area contributed by atoms with Gasteiger partial charge in [0.25, 0.3) is 0 Å². The number of urea groups is 1. The van der Waals surface area contributed by atoms with Gasteiger partial charge >= 0.3 is 6.03 Å². The fourth-order valence-corrected chi connectivity index (χ4v) is 3.06. The van der Waals surface area contributed by atoms with E-state index < -0.39 is 6.04 Å². The molecule has 1 aromatic rings. The third-order valence-electron chi connectivity index (χ3n) is 4.28. The second-order valence-corrected chi connectivity index (χ2v) is 6.36. The number of hydrogen-bond acceptors (Lipinski definition) is 4. The molecule has 0 bridgehead atoms. The highest BCUT2D eigenvalue weighted by Gasteiger charge is 2.26. The van der Waals surface area contributed by atoms with Crippen molar-refractivity contribution in [3.05, 3.63) is 35.4 Å². The standard InChI is InChI=1S/C17H24N4O3/c1-12-10-21(5-6-24-12)11-14-4-2-3-13(7-14)8-18-16(22)15-9-19-17(23)20-15/h2-4,7,12,15H,5-6,8-11H2,1H3,(H,18,22)(H2,19,20,23)/t12-,15+/m1/s1. The summed E-state index contributed by atoms with van der Waals surface area (Å²) in [5.41, 5.74) is 2.28. The largest absolute Gasteiger partial charge is 0.376 e. The Balaban J connectivity index is 1.51. The molecule has 0 spiro atoms. The summed E-state index contributed by atoms with van der Waals surface area (Å²) in [6.07, 6.45) is 0.274. The van der Waals surface area contributed by atoms with Crippen molar-refractivity contribution < 1.29 is 14.3 Å². The molecule has 0 saturated carbocycles. The van der Waals surface area contributed by atoms with Gasteiger partial charge in [-0.1, -0.05) is 24.3 Å². The number of hydrogen-bond donors (Lipinski definition) is 3. The average Bonchev–Trinajstić information content (AvgIpc) is 3.00. The highest BCUT2D eigenvalue weighted by atomic mass is 16.5. The average molecular weight is 332 g/mol. The van der Waals surface area contributed by atoms with E-state index in [0.29, 0.717) is 13.1 Å². The van der Waals surface area contributed by atoms with Crippen LogP contribution in [0.3, 0.4) is 0 Å². The Kier molecular flexibility index (Phi) is 5.32. The van der Waals surface area contributed by atoms with E-state index in [1.54, 1.807) is 0 Å². The maximum Gasteiger partial charge on any atom is 0.315 e. The molecule has 3 amide bonds. The van der Waals surface area contributed by atoms with Gasteiger partial charge < -0.3 is 20.7 Å². The lowest BCUT2D eigenvalue weighted by Crippen LogP contribution is -2.42. The number of amides is 3. The lowest BCUT2D eigenvalue weighted by molar-refractivity contribution is -0.122. The summed E-state index contributed by atoms with van der Waals surface area (Å²) < 4.78 is 5.57. The predicted octanol–water partition coefficient (Wildman–Crippen LogP) is 0.205. The van der Waals surface area contributed by atoms with Gasteiger partial charge in [0.1, 0.15) is 6.04 Å². The normalized spacial score (nSPS) is 24.3. The number of carbonyl (C=O) groups excluding carboxylic acids is 2. The fourth-order valence-electron chi connectivity index (χ4n) is 3.06. The molecule has 0 radical (unpaired) electrons. The van der Waals surface area contributed by atoms with Crippen LogP contribution in [0.5, 0.6) is 0 Å². The van der Waals surface area contributed by atoms with Gasteiger partial charge in [-0.15, -0.1) is 0 Å². The summed E-state index contributed by atoms with van der Waals surface area (Å²) >= 11 is 0. The van der Waals surface area contributed by atoms with E-state index >= 15 is 0 Å². The SMILES string of the molecule is C[C@@H]1CN(Cc2cccc(CNC(=O)[C@@H]3CNC(=O)N3)c2)CCO1.